The minimum Gasteiger partial charge on any atom is -0.378 e. The van der Waals surface area contributed by atoms with E-state index in [2.05, 4.69) is 47.5 Å². The van der Waals surface area contributed by atoms with Crippen molar-refractivity contribution in [2.24, 2.45) is 35.1 Å². The van der Waals surface area contributed by atoms with Gasteiger partial charge in [-0.05, 0) is 49.2 Å². The number of hydrogen-bond acceptors (Lipinski definition) is 15. The van der Waals surface area contributed by atoms with E-state index in [1.807, 2.05) is 29.6 Å². The Bertz CT molecular complexity index is 1180. The Labute approximate surface area is 279 Å². The second-order valence-corrected chi connectivity index (χ2v) is 16.8. The first-order chi connectivity index (χ1) is 22.4. The second kappa shape index (κ2) is 13.7. The number of amides is 1. The molecular formula is C30H51N11O3S2. The quantitative estimate of drug-likeness (QED) is 0.143. The lowest BCUT2D eigenvalue weighted by Gasteiger charge is -2.50. The van der Waals surface area contributed by atoms with Crippen LogP contribution in [0.25, 0.3) is 0 Å². The molecule has 5 saturated heterocycles. The van der Waals surface area contributed by atoms with Crippen LogP contribution in [0.1, 0.15) is 38.5 Å². The minimum absolute atomic E-state index is 0.0351. The summed E-state index contributed by atoms with van der Waals surface area (Å²) in [5.41, 5.74) is 23.1. The molecule has 6 heterocycles. The normalized spacial score (nSPS) is 46.5. The van der Waals surface area contributed by atoms with Gasteiger partial charge in [0, 0.05) is 55.1 Å². The third-order valence-corrected chi connectivity index (χ3v) is 14.9. The van der Waals surface area contributed by atoms with Gasteiger partial charge in [0.2, 0.25) is 5.91 Å². The molecule has 0 aromatic rings. The first-order valence-corrected chi connectivity index (χ1v) is 19.3. The maximum absolute atomic E-state index is 13.4. The lowest BCUT2D eigenvalue weighted by Crippen LogP contribution is -2.78. The van der Waals surface area contributed by atoms with Crippen LogP contribution >= 0.6 is 23.5 Å². The van der Waals surface area contributed by atoms with Crippen LogP contribution in [-0.2, 0) is 14.3 Å². The Kier molecular flexibility index (Phi) is 9.60. The molecule has 46 heavy (non-hydrogen) atoms. The van der Waals surface area contributed by atoms with E-state index in [0.29, 0.717) is 37.6 Å². The molecule has 2 aliphatic carbocycles. The Morgan fingerprint density at radius 1 is 1.09 bits per heavy atom. The summed E-state index contributed by atoms with van der Waals surface area (Å²) in [5.74, 6) is 1.86. The number of morpholine rings is 1. The predicted octanol–water partition coefficient (Wildman–Crippen LogP) is -2.10. The SMILES string of the molecule is NC(=O)C1C(NC2CC(C3CSC4C(=O)C=C(N5CCOCC5)SC43)CC3CNNC32)NC(N[C@H]2CCCC[C@H]2N)N2NCNC12. The number of carbonyl (C=O) groups excluding carboxylic acids is 2. The molecule has 0 spiro atoms. The van der Waals surface area contributed by atoms with Crippen molar-refractivity contribution in [3.63, 3.8) is 0 Å². The van der Waals surface area contributed by atoms with E-state index >= 15 is 0 Å². The molecule has 0 aromatic carbocycles. The van der Waals surface area contributed by atoms with Gasteiger partial charge >= 0.3 is 0 Å². The molecule has 16 heteroatoms. The highest BCUT2D eigenvalue weighted by Crippen LogP contribution is 2.52. The number of carbonyl (C=O) groups is 2. The van der Waals surface area contributed by atoms with Gasteiger partial charge < -0.3 is 21.1 Å². The number of primary amides is 1. The number of nitrogens with one attached hydrogen (secondary N) is 7. The zero-order valence-electron chi connectivity index (χ0n) is 26.4. The van der Waals surface area contributed by atoms with Crippen LogP contribution in [-0.4, -0.2) is 120 Å². The summed E-state index contributed by atoms with van der Waals surface area (Å²) >= 11 is 3.79. The standard InChI is InChI=1S/C30H51N11O3S2/c31-18-3-1-2-4-19(18)37-30-38-28(23(27(32)43)29-33-14-35-41(29)30)36-20-10-15(9-16-12-34-39-24(16)20)17-13-45-26-21(42)11-22(46-25(17)26)40-5-7-44-8-6-40/h11,15-20,23-26,28-30,33-39H,1-10,12-14,31H2,(H2,32,43)/t15?,16?,17?,18-,19+,20?,23?,24?,25?,26?,28?,29?,30?/m1/s1. The van der Waals surface area contributed by atoms with Crippen LogP contribution in [0.2, 0.25) is 0 Å². The molecule has 11 N–H and O–H groups in total. The fourth-order valence-electron chi connectivity index (χ4n) is 9.37. The summed E-state index contributed by atoms with van der Waals surface area (Å²) in [4.78, 5) is 28.8. The largest absolute Gasteiger partial charge is 0.378 e. The van der Waals surface area contributed by atoms with Crippen molar-refractivity contribution in [1.29, 1.82) is 0 Å². The number of nitrogens with zero attached hydrogens (tertiary/aromatic N) is 2. The molecule has 8 rings (SSSR count). The molecule has 11 unspecified atom stereocenters. The summed E-state index contributed by atoms with van der Waals surface area (Å²) in [6, 6.07) is 0.671. The summed E-state index contributed by atoms with van der Waals surface area (Å²) in [5, 5.41) is 18.5. The van der Waals surface area contributed by atoms with E-state index in [4.69, 9.17) is 16.2 Å². The Morgan fingerprint density at radius 2 is 1.93 bits per heavy atom. The van der Waals surface area contributed by atoms with Crippen molar-refractivity contribution in [1.82, 2.24) is 47.5 Å². The summed E-state index contributed by atoms with van der Waals surface area (Å²) in [6.07, 6.45) is 7.61. The number of fused-ring (bicyclic) bond motifs is 3. The van der Waals surface area contributed by atoms with E-state index < -0.39 is 5.92 Å². The molecule has 14 nitrogen and oxygen atoms in total. The van der Waals surface area contributed by atoms with Gasteiger partial charge in [0.15, 0.2) is 5.78 Å². The second-order valence-electron chi connectivity index (χ2n) is 14.4. The molecule has 1 amide bonds. The van der Waals surface area contributed by atoms with Crippen LogP contribution < -0.4 is 49.0 Å². The first-order valence-electron chi connectivity index (χ1n) is 17.4. The van der Waals surface area contributed by atoms with Gasteiger partial charge in [-0.2, -0.15) is 5.01 Å². The van der Waals surface area contributed by atoms with E-state index in [-0.39, 0.29) is 65.0 Å². The predicted molar refractivity (Wildman–Crippen MR) is 178 cm³/mol. The van der Waals surface area contributed by atoms with Crippen molar-refractivity contribution in [3.8, 4) is 0 Å². The van der Waals surface area contributed by atoms with E-state index in [0.717, 1.165) is 56.1 Å². The third-order valence-electron chi connectivity index (χ3n) is 11.8. The lowest BCUT2D eigenvalue weighted by molar-refractivity contribution is -0.132. The van der Waals surface area contributed by atoms with Crippen molar-refractivity contribution < 1.29 is 14.3 Å². The Morgan fingerprint density at radius 3 is 2.76 bits per heavy atom. The Balaban J connectivity index is 1.01. The third kappa shape index (κ3) is 6.15. The van der Waals surface area contributed by atoms with Crippen LogP contribution in [0.5, 0.6) is 0 Å². The molecule has 6 aliphatic heterocycles. The maximum atomic E-state index is 13.4. The van der Waals surface area contributed by atoms with Gasteiger partial charge in [-0.25, -0.2) is 5.43 Å². The van der Waals surface area contributed by atoms with Gasteiger partial charge in [-0.1, -0.05) is 12.8 Å². The number of allylic oxidation sites excluding steroid dienone is 1. The average molecular weight is 678 g/mol. The van der Waals surface area contributed by atoms with Crippen LogP contribution in [0.3, 0.4) is 0 Å². The van der Waals surface area contributed by atoms with Gasteiger partial charge in [-0.3, -0.25) is 41.7 Å². The van der Waals surface area contributed by atoms with E-state index in [9.17, 15) is 9.59 Å². The maximum Gasteiger partial charge on any atom is 0.226 e. The zero-order valence-corrected chi connectivity index (χ0v) is 28.0. The molecule has 13 atom stereocenters. The number of ketones is 1. The summed E-state index contributed by atoms with van der Waals surface area (Å²) in [6.45, 7) is 4.61. The fraction of sp³-hybridized carbons (Fsp3) is 0.867. The zero-order chi connectivity index (χ0) is 31.4. The highest BCUT2D eigenvalue weighted by Gasteiger charge is 2.53. The fourth-order valence-corrected chi connectivity index (χ4v) is 13.0. The van der Waals surface area contributed by atoms with Crippen molar-refractivity contribution >= 4 is 35.2 Å². The summed E-state index contributed by atoms with van der Waals surface area (Å²) < 4.78 is 5.59. The van der Waals surface area contributed by atoms with Gasteiger partial charge in [-0.15, -0.1) is 23.5 Å². The Hall–Kier alpha value is -1.02. The number of rotatable bonds is 7. The topological polar surface area (TPSA) is 186 Å². The summed E-state index contributed by atoms with van der Waals surface area (Å²) in [7, 11) is 0. The van der Waals surface area contributed by atoms with Gasteiger partial charge in [0.05, 0.1) is 48.4 Å². The number of ether oxygens (including phenoxy) is 1. The molecule has 0 bridgehead atoms. The minimum atomic E-state index is -0.486. The van der Waals surface area contributed by atoms with E-state index in [1.54, 1.807) is 0 Å². The number of hydrogen-bond donors (Lipinski definition) is 9. The molecule has 2 saturated carbocycles. The molecular weight excluding hydrogens is 627 g/mol. The molecule has 0 aromatic heterocycles. The van der Waals surface area contributed by atoms with Crippen molar-refractivity contribution in [3.05, 3.63) is 11.1 Å². The van der Waals surface area contributed by atoms with Crippen LogP contribution in [0.15, 0.2) is 11.1 Å². The average Bonchev–Trinajstić information content (AvgIpc) is 3.83. The number of thioether (sulfide) groups is 2. The monoisotopic (exact) mass is 677 g/mol. The van der Waals surface area contributed by atoms with Crippen molar-refractivity contribution in [2.45, 2.75) is 91.8 Å². The molecule has 0 radical (unpaired) electrons. The van der Waals surface area contributed by atoms with Gasteiger partial charge in [0.1, 0.15) is 6.29 Å². The number of hydrazine groups is 2. The molecule has 7 fully saturated rings. The smallest absolute Gasteiger partial charge is 0.226 e. The lowest BCUT2D eigenvalue weighted by atomic mass is 9.70. The van der Waals surface area contributed by atoms with Crippen LogP contribution in [0.4, 0.5) is 0 Å². The number of nitrogens with two attached hydrogens (primary N) is 2. The molecule has 256 valence electrons. The van der Waals surface area contributed by atoms with Crippen LogP contribution in [0, 0.1) is 23.7 Å². The highest BCUT2D eigenvalue weighted by molar-refractivity contribution is 8.07. The first kappa shape index (κ1) is 32.2. The highest BCUT2D eigenvalue weighted by atomic mass is 32.2. The molecule has 8 aliphatic rings. The van der Waals surface area contributed by atoms with Gasteiger partial charge in [0.25, 0.3) is 0 Å². The van der Waals surface area contributed by atoms with E-state index in [1.165, 1.54) is 12.8 Å². The van der Waals surface area contributed by atoms with Crippen molar-refractivity contribution in [2.75, 3.05) is 45.3 Å².